The molecule has 0 spiro atoms. The van der Waals surface area contributed by atoms with Crippen LogP contribution in [-0.2, 0) is 11.3 Å². The van der Waals surface area contributed by atoms with Gasteiger partial charge in [-0.1, -0.05) is 28.4 Å². The van der Waals surface area contributed by atoms with Crippen LogP contribution >= 0.6 is 23.2 Å². The number of primary amides is 1. The van der Waals surface area contributed by atoms with Crippen LogP contribution in [0, 0.1) is 5.92 Å². The van der Waals surface area contributed by atoms with E-state index in [0.717, 1.165) is 24.3 Å². The molecule has 1 fully saturated rings. The van der Waals surface area contributed by atoms with Crippen LogP contribution in [0.3, 0.4) is 0 Å². The molecular weight excluding hydrogens is 325 g/mol. The molecule has 1 amide bonds. The largest absolute Gasteiger partial charge is 0.369 e. The highest BCUT2D eigenvalue weighted by Gasteiger charge is 2.26. The standard InChI is InChI=1S/C14H15Cl2N5O/c15-12-2-1-11(5-13(12)16)21-8-10(18-19-21)7-20-4-3-9(6-20)14(17)22/h1-2,5,8-9H,3-4,6-7H2,(H2,17,22)/t9-/m0/s1. The lowest BCUT2D eigenvalue weighted by atomic mass is 10.1. The van der Waals surface area contributed by atoms with Crippen molar-refractivity contribution in [2.75, 3.05) is 13.1 Å². The van der Waals surface area contributed by atoms with Crippen molar-refractivity contribution in [3.05, 3.63) is 40.1 Å². The number of likely N-dealkylation sites (tertiary alicyclic amines) is 1. The number of benzene rings is 1. The van der Waals surface area contributed by atoms with Crippen LogP contribution in [0.5, 0.6) is 0 Å². The van der Waals surface area contributed by atoms with Gasteiger partial charge in [0.2, 0.25) is 5.91 Å². The van der Waals surface area contributed by atoms with Crippen molar-refractivity contribution in [1.29, 1.82) is 0 Å². The second-order valence-electron chi connectivity index (χ2n) is 5.38. The molecule has 0 saturated carbocycles. The summed E-state index contributed by atoms with van der Waals surface area (Å²) in [6.45, 7) is 2.16. The van der Waals surface area contributed by atoms with Crippen molar-refractivity contribution in [1.82, 2.24) is 19.9 Å². The summed E-state index contributed by atoms with van der Waals surface area (Å²) in [5.41, 5.74) is 6.96. The number of nitrogens with two attached hydrogens (primary N) is 1. The molecule has 2 N–H and O–H groups in total. The number of hydrogen-bond acceptors (Lipinski definition) is 4. The average Bonchev–Trinajstić information content (AvgIpc) is 3.12. The van der Waals surface area contributed by atoms with Crippen LogP contribution in [0.4, 0.5) is 0 Å². The number of nitrogens with zero attached hydrogens (tertiary/aromatic N) is 4. The zero-order valence-corrected chi connectivity index (χ0v) is 13.3. The van der Waals surface area contributed by atoms with Gasteiger partial charge >= 0.3 is 0 Å². The van der Waals surface area contributed by atoms with Crippen molar-refractivity contribution >= 4 is 29.1 Å². The van der Waals surface area contributed by atoms with Crippen molar-refractivity contribution in [3.8, 4) is 5.69 Å². The lowest BCUT2D eigenvalue weighted by Gasteiger charge is -2.12. The molecule has 22 heavy (non-hydrogen) atoms. The highest BCUT2D eigenvalue weighted by atomic mass is 35.5. The van der Waals surface area contributed by atoms with E-state index in [9.17, 15) is 4.79 Å². The van der Waals surface area contributed by atoms with Crippen LogP contribution in [0.15, 0.2) is 24.4 Å². The fourth-order valence-corrected chi connectivity index (χ4v) is 2.85. The fraction of sp³-hybridized carbons (Fsp3) is 0.357. The Hall–Kier alpha value is -1.63. The summed E-state index contributed by atoms with van der Waals surface area (Å²) in [4.78, 5) is 13.3. The smallest absolute Gasteiger partial charge is 0.221 e. The first-order valence-electron chi connectivity index (χ1n) is 6.91. The quantitative estimate of drug-likeness (QED) is 0.922. The van der Waals surface area contributed by atoms with E-state index in [1.54, 1.807) is 16.8 Å². The van der Waals surface area contributed by atoms with Gasteiger partial charge in [0.1, 0.15) is 0 Å². The average molecular weight is 340 g/mol. The molecule has 6 nitrogen and oxygen atoms in total. The Balaban J connectivity index is 1.69. The van der Waals surface area contributed by atoms with Gasteiger partial charge in [-0.3, -0.25) is 9.69 Å². The summed E-state index contributed by atoms with van der Waals surface area (Å²) in [7, 11) is 0. The van der Waals surface area contributed by atoms with E-state index in [0.29, 0.717) is 23.1 Å². The maximum absolute atomic E-state index is 11.2. The van der Waals surface area contributed by atoms with Crippen LogP contribution < -0.4 is 5.73 Å². The van der Waals surface area contributed by atoms with E-state index in [1.807, 2.05) is 12.3 Å². The van der Waals surface area contributed by atoms with Crippen molar-refractivity contribution in [2.45, 2.75) is 13.0 Å². The Morgan fingerprint density at radius 2 is 2.18 bits per heavy atom. The molecular formula is C14H15Cl2N5O. The maximum Gasteiger partial charge on any atom is 0.221 e. The molecule has 0 unspecified atom stereocenters. The molecule has 3 rings (SSSR count). The van der Waals surface area contributed by atoms with E-state index in [1.165, 1.54) is 0 Å². The molecule has 1 aliphatic heterocycles. The molecule has 1 aliphatic rings. The third-order valence-corrected chi connectivity index (χ3v) is 4.51. The molecule has 2 aromatic rings. The summed E-state index contributed by atoms with van der Waals surface area (Å²) in [6.07, 6.45) is 2.65. The van der Waals surface area contributed by atoms with E-state index >= 15 is 0 Å². The highest BCUT2D eigenvalue weighted by molar-refractivity contribution is 6.42. The van der Waals surface area contributed by atoms with Gasteiger partial charge in [-0.25, -0.2) is 4.68 Å². The molecule has 0 aliphatic carbocycles. The van der Waals surface area contributed by atoms with E-state index in [-0.39, 0.29) is 11.8 Å². The van der Waals surface area contributed by atoms with Gasteiger partial charge in [-0.15, -0.1) is 5.10 Å². The summed E-state index contributed by atoms with van der Waals surface area (Å²) in [5.74, 6) is -0.299. The molecule has 0 radical (unpaired) electrons. The minimum atomic E-state index is -0.234. The second kappa shape index (κ2) is 6.24. The van der Waals surface area contributed by atoms with Gasteiger partial charge in [-0.05, 0) is 31.2 Å². The monoisotopic (exact) mass is 339 g/mol. The van der Waals surface area contributed by atoms with Crippen LogP contribution in [-0.4, -0.2) is 38.9 Å². The molecule has 116 valence electrons. The summed E-state index contributed by atoms with van der Waals surface area (Å²) in [6, 6.07) is 5.28. The number of carbonyl (C=O) groups is 1. The van der Waals surface area contributed by atoms with E-state index in [4.69, 9.17) is 28.9 Å². The van der Waals surface area contributed by atoms with Gasteiger partial charge in [0.25, 0.3) is 0 Å². The number of amides is 1. The van der Waals surface area contributed by atoms with Gasteiger partial charge in [0.05, 0.1) is 33.5 Å². The molecule has 8 heteroatoms. The third kappa shape index (κ3) is 3.24. The molecule has 1 saturated heterocycles. The minimum Gasteiger partial charge on any atom is -0.369 e. The van der Waals surface area contributed by atoms with Crippen molar-refractivity contribution in [2.24, 2.45) is 11.7 Å². The topological polar surface area (TPSA) is 77.0 Å². The Labute approximate surface area is 137 Å². The van der Waals surface area contributed by atoms with Crippen LogP contribution in [0.25, 0.3) is 5.69 Å². The highest BCUT2D eigenvalue weighted by Crippen LogP contribution is 2.24. The fourth-order valence-electron chi connectivity index (χ4n) is 2.56. The molecule has 2 heterocycles. The SMILES string of the molecule is NC(=O)[C@H]1CCN(Cc2cn(-c3ccc(Cl)c(Cl)c3)nn2)C1. The van der Waals surface area contributed by atoms with Crippen LogP contribution in [0.1, 0.15) is 12.1 Å². The number of aromatic nitrogens is 3. The molecule has 0 bridgehead atoms. The lowest BCUT2D eigenvalue weighted by molar-refractivity contribution is -0.121. The molecule has 1 atom stereocenters. The van der Waals surface area contributed by atoms with Crippen molar-refractivity contribution in [3.63, 3.8) is 0 Å². The minimum absolute atomic E-state index is 0.0647. The van der Waals surface area contributed by atoms with Gasteiger partial charge in [0.15, 0.2) is 0 Å². The number of rotatable bonds is 4. The summed E-state index contributed by atoms with van der Waals surface area (Å²) >= 11 is 11.9. The molecule has 1 aromatic heterocycles. The predicted octanol–water partition coefficient (Wildman–Crippen LogP) is 1.88. The first-order valence-corrected chi connectivity index (χ1v) is 7.67. The summed E-state index contributed by atoms with van der Waals surface area (Å²) in [5, 5.41) is 9.23. The Bertz CT molecular complexity index is 702. The van der Waals surface area contributed by atoms with E-state index in [2.05, 4.69) is 15.2 Å². The maximum atomic E-state index is 11.2. The third-order valence-electron chi connectivity index (χ3n) is 3.77. The Kier molecular flexibility index (Phi) is 4.33. The normalized spacial score (nSPS) is 18.7. The Morgan fingerprint density at radius 3 is 2.86 bits per heavy atom. The van der Waals surface area contributed by atoms with Crippen molar-refractivity contribution < 1.29 is 4.79 Å². The second-order valence-corrected chi connectivity index (χ2v) is 6.19. The summed E-state index contributed by atoms with van der Waals surface area (Å²) < 4.78 is 1.65. The Morgan fingerprint density at radius 1 is 1.36 bits per heavy atom. The number of carbonyl (C=O) groups excluding carboxylic acids is 1. The first kappa shape index (κ1) is 15.3. The lowest BCUT2D eigenvalue weighted by Crippen LogP contribution is -2.27. The van der Waals surface area contributed by atoms with Crippen LogP contribution in [0.2, 0.25) is 10.0 Å². The van der Waals surface area contributed by atoms with Gasteiger partial charge in [-0.2, -0.15) is 0 Å². The number of halogens is 2. The first-order chi connectivity index (χ1) is 10.5. The number of hydrogen-bond donors (Lipinski definition) is 1. The molecule has 1 aromatic carbocycles. The van der Waals surface area contributed by atoms with Gasteiger partial charge < -0.3 is 5.73 Å². The predicted molar refractivity (Wildman–Crippen MR) is 84.0 cm³/mol. The van der Waals surface area contributed by atoms with E-state index < -0.39 is 0 Å². The van der Waals surface area contributed by atoms with Gasteiger partial charge in [0, 0.05) is 13.1 Å². The zero-order valence-electron chi connectivity index (χ0n) is 11.7. The zero-order chi connectivity index (χ0) is 15.7.